The van der Waals surface area contributed by atoms with Crippen LogP contribution in [0.15, 0.2) is 30.5 Å². The fourth-order valence-corrected chi connectivity index (χ4v) is 2.92. The van der Waals surface area contributed by atoms with Crippen molar-refractivity contribution in [2.45, 2.75) is 51.6 Å². The first-order valence-corrected chi connectivity index (χ1v) is 7.56. The number of fused-ring (bicyclic) bond motifs is 1. The van der Waals surface area contributed by atoms with Gasteiger partial charge in [0.05, 0.1) is 0 Å². The molecule has 0 saturated carbocycles. The molecule has 0 radical (unpaired) electrons. The van der Waals surface area contributed by atoms with Crippen LogP contribution >= 0.6 is 0 Å². The van der Waals surface area contributed by atoms with Crippen LogP contribution in [0.4, 0.5) is 0 Å². The van der Waals surface area contributed by atoms with E-state index in [1.54, 1.807) is 0 Å². The van der Waals surface area contributed by atoms with Gasteiger partial charge >= 0.3 is 0 Å². The lowest BCUT2D eigenvalue weighted by molar-refractivity contribution is 0.554. The second-order valence-corrected chi connectivity index (χ2v) is 6.04. The number of aryl methyl sites for hydroxylation is 1. The lowest BCUT2D eigenvalue weighted by Gasteiger charge is -2.22. The number of imidazole rings is 1. The normalized spacial score (nSPS) is 18.2. The van der Waals surface area contributed by atoms with Crippen molar-refractivity contribution in [3.05, 3.63) is 53.1 Å². The van der Waals surface area contributed by atoms with Gasteiger partial charge in [0, 0.05) is 30.4 Å². The predicted molar refractivity (Wildman–Crippen MR) is 81.8 cm³/mol. The number of aromatic nitrogens is 2. The van der Waals surface area contributed by atoms with Crippen molar-refractivity contribution >= 4 is 0 Å². The van der Waals surface area contributed by atoms with Crippen molar-refractivity contribution in [3.63, 3.8) is 0 Å². The van der Waals surface area contributed by atoms with Gasteiger partial charge in [-0.2, -0.15) is 0 Å². The molecule has 1 atom stereocenters. The van der Waals surface area contributed by atoms with Crippen molar-refractivity contribution < 1.29 is 0 Å². The molecule has 3 nitrogen and oxygen atoms in total. The Balaban J connectivity index is 1.69. The van der Waals surface area contributed by atoms with Gasteiger partial charge in [-0.1, -0.05) is 38.1 Å². The maximum atomic E-state index is 4.60. The summed E-state index contributed by atoms with van der Waals surface area (Å²) in [6.07, 6.45) is 5.45. The number of hydrogen-bond acceptors (Lipinski definition) is 2. The number of H-pyrrole nitrogens is 1. The molecule has 3 rings (SSSR count). The molecule has 1 aromatic carbocycles. The van der Waals surface area contributed by atoms with Gasteiger partial charge in [0.2, 0.25) is 0 Å². The quantitative estimate of drug-likeness (QED) is 0.895. The summed E-state index contributed by atoms with van der Waals surface area (Å²) in [6.45, 7) is 5.19. The van der Waals surface area contributed by atoms with Crippen molar-refractivity contribution in [2.24, 2.45) is 0 Å². The Morgan fingerprint density at radius 2 is 2.10 bits per heavy atom. The van der Waals surface area contributed by atoms with Gasteiger partial charge in [-0.3, -0.25) is 0 Å². The van der Waals surface area contributed by atoms with Gasteiger partial charge in [-0.25, -0.2) is 4.98 Å². The Bertz CT molecular complexity index is 571. The minimum absolute atomic E-state index is 0.503. The Kier molecular flexibility index (Phi) is 3.88. The third kappa shape index (κ3) is 2.93. The zero-order valence-electron chi connectivity index (χ0n) is 12.3. The number of hydrogen-bond donors (Lipinski definition) is 2. The Morgan fingerprint density at radius 1 is 1.30 bits per heavy atom. The van der Waals surface area contributed by atoms with E-state index < -0.39 is 0 Å². The molecule has 1 unspecified atom stereocenters. The smallest absolute Gasteiger partial charge is 0.109 e. The first kappa shape index (κ1) is 13.4. The van der Waals surface area contributed by atoms with Gasteiger partial charge in [0.15, 0.2) is 0 Å². The largest absolute Gasteiger partial charge is 0.345 e. The van der Waals surface area contributed by atoms with Crippen LogP contribution in [-0.2, 0) is 19.4 Å². The van der Waals surface area contributed by atoms with Crippen LogP contribution in [-0.4, -0.2) is 16.0 Å². The molecule has 106 valence electrons. The summed E-state index contributed by atoms with van der Waals surface area (Å²) in [5.41, 5.74) is 4.19. The van der Waals surface area contributed by atoms with E-state index >= 15 is 0 Å². The molecule has 0 bridgehead atoms. The van der Waals surface area contributed by atoms with E-state index in [-0.39, 0.29) is 0 Å². The molecule has 0 amide bonds. The highest BCUT2D eigenvalue weighted by atomic mass is 15.0. The molecule has 0 aliphatic heterocycles. The zero-order chi connectivity index (χ0) is 13.9. The summed E-state index contributed by atoms with van der Waals surface area (Å²) in [5, 5.41) is 3.42. The van der Waals surface area contributed by atoms with Gasteiger partial charge in [0.25, 0.3) is 0 Å². The van der Waals surface area contributed by atoms with Gasteiger partial charge in [-0.15, -0.1) is 0 Å². The lowest BCUT2D eigenvalue weighted by Crippen LogP contribution is -2.22. The highest BCUT2D eigenvalue weighted by Crippen LogP contribution is 2.31. The first-order valence-electron chi connectivity index (χ1n) is 7.56. The number of rotatable bonds is 4. The summed E-state index contributed by atoms with van der Waals surface area (Å²) in [6, 6.07) is 9.30. The molecule has 0 saturated heterocycles. The first-order chi connectivity index (χ1) is 9.72. The third-order valence-corrected chi connectivity index (χ3v) is 4.08. The minimum Gasteiger partial charge on any atom is -0.345 e. The maximum absolute atomic E-state index is 4.60. The number of nitrogens with zero attached hydrogens (tertiary/aromatic N) is 1. The summed E-state index contributed by atoms with van der Waals surface area (Å²) in [7, 11) is 0. The molecule has 0 fully saturated rings. The highest BCUT2D eigenvalue weighted by molar-refractivity contribution is 5.31. The van der Waals surface area contributed by atoms with Crippen LogP contribution < -0.4 is 5.32 Å². The van der Waals surface area contributed by atoms with Crippen molar-refractivity contribution in [3.8, 4) is 0 Å². The molecule has 1 aromatic heterocycles. The predicted octanol–water partition coefficient (Wildman–Crippen LogP) is 3.18. The fourth-order valence-electron chi connectivity index (χ4n) is 2.92. The van der Waals surface area contributed by atoms with Crippen LogP contribution in [0.25, 0.3) is 0 Å². The standard InChI is InChI=1S/C17H23N3/c1-12(2)18-10-16-11-19-17(20-16)15-8-7-13-5-3-4-6-14(13)9-15/h3-6,11-12,15,18H,7-10H2,1-2H3,(H,19,20). The Hall–Kier alpha value is -1.61. The Morgan fingerprint density at radius 3 is 2.90 bits per heavy atom. The van der Waals surface area contributed by atoms with E-state index in [9.17, 15) is 0 Å². The second kappa shape index (κ2) is 5.80. The lowest BCUT2D eigenvalue weighted by atomic mass is 9.83. The molecule has 3 heteroatoms. The number of nitrogens with one attached hydrogen (secondary N) is 2. The fraction of sp³-hybridized carbons (Fsp3) is 0.471. The van der Waals surface area contributed by atoms with Crippen LogP contribution in [0.5, 0.6) is 0 Å². The van der Waals surface area contributed by atoms with Crippen LogP contribution in [0.3, 0.4) is 0 Å². The SMILES string of the molecule is CC(C)NCc1cnc(C2CCc3ccccc3C2)[nH]1. The molecular formula is C17H23N3. The molecule has 0 spiro atoms. The van der Waals surface area contributed by atoms with Crippen LogP contribution in [0, 0.1) is 0 Å². The topological polar surface area (TPSA) is 40.7 Å². The molecule has 20 heavy (non-hydrogen) atoms. The summed E-state index contributed by atoms with van der Waals surface area (Å²) in [4.78, 5) is 8.09. The van der Waals surface area contributed by atoms with Gasteiger partial charge in [-0.05, 0) is 30.4 Å². The van der Waals surface area contributed by atoms with Crippen LogP contribution in [0.2, 0.25) is 0 Å². The van der Waals surface area contributed by atoms with Crippen molar-refractivity contribution in [1.29, 1.82) is 0 Å². The molecule has 2 N–H and O–H groups in total. The van der Waals surface area contributed by atoms with E-state index in [2.05, 4.69) is 53.4 Å². The van der Waals surface area contributed by atoms with E-state index in [1.165, 1.54) is 29.7 Å². The van der Waals surface area contributed by atoms with Crippen molar-refractivity contribution in [2.75, 3.05) is 0 Å². The van der Waals surface area contributed by atoms with E-state index in [1.807, 2.05) is 6.20 Å². The maximum Gasteiger partial charge on any atom is 0.109 e. The van der Waals surface area contributed by atoms with Crippen molar-refractivity contribution in [1.82, 2.24) is 15.3 Å². The van der Waals surface area contributed by atoms with Gasteiger partial charge in [0.1, 0.15) is 5.82 Å². The second-order valence-electron chi connectivity index (χ2n) is 6.04. The molecule has 2 aromatic rings. The number of aromatic amines is 1. The van der Waals surface area contributed by atoms with E-state index in [4.69, 9.17) is 0 Å². The molecule has 1 aliphatic rings. The molecule has 1 heterocycles. The molecular weight excluding hydrogens is 246 g/mol. The third-order valence-electron chi connectivity index (χ3n) is 4.08. The van der Waals surface area contributed by atoms with Gasteiger partial charge < -0.3 is 10.3 Å². The van der Waals surface area contributed by atoms with Crippen LogP contribution in [0.1, 0.15) is 48.8 Å². The Labute approximate surface area is 120 Å². The monoisotopic (exact) mass is 269 g/mol. The zero-order valence-corrected chi connectivity index (χ0v) is 12.3. The average molecular weight is 269 g/mol. The summed E-state index contributed by atoms with van der Waals surface area (Å²) >= 11 is 0. The van der Waals surface area contributed by atoms with E-state index in [0.717, 1.165) is 18.8 Å². The highest BCUT2D eigenvalue weighted by Gasteiger charge is 2.21. The summed E-state index contributed by atoms with van der Waals surface area (Å²) < 4.78 is 0. The average Bonchev–Trinajstić information content (AvgIpc) is 2.93. The minimum atomic E-state index is 0.503. The number of benzene rings is 1. The summed E-state index contributed by atoms with van der Waals surface area (Å²) in [5.74, 6) is 1.69. The van der Waals surface area contributed by atoms with E-state index in [0.29, 0.717) is 12.0 Å². The molecule has 1 aliphatic carbocycles.